The van der Waals surface area contributed by atoms with E-state index < -0.39 is 74.0 Å². The molecule has 9 aromatic carbocycles. The summed E-state index contributed by atoms with van der Waals surface area (Å²) in [5.74, 6) is -3.34. The van der Waals surface area contributed by atoms with E-state index in [0.717, 1.165) is 54.3 Å². The van der Waals surface area contributed by atoms with Crippen molar-refractivity contribution >= 4 is 78.5 Å². The average molecular weight is 1270 g/mol. The number of ether oxygens (including phenoxy) is 4. The summed E-state index contributed by atoms with van der Waals surface area (Å²) in [5, 5.41) is 42.8. The highest BCUT2D eigenvalue weighted by Crippen LogP contribution is 2.58. The van der Waals surface area contributed by atoms with E-state index >= 15 is 28.8 Å². The molecule has 2 heterocycles. The van der Waals surface area contributed by atoms with E-state index in [0.29, 0.717) is 23.0 Å². The Balaban J connectivity index is 1.38. The van der Waals surface area contributed by atoms with Gasteiger partial charge in [0.25, 0.3) is 23.6 Å². The summed E-state index contributed by atoms with van der Waals surface area (Å²) in [4.78, 5) is 99.6. The van der Waals surface area contributed by atoms with Gasteiger partial charge < -0.3 is 49.2 Å². The molecule has 4 N–H and O–H groups in total. The molecule has 2 unspecified atom stereocenters. The molecule has 6 amide bonds. The number of aliphatic hydroxyl groups is 4. The van der Waals surface area contributed by atoms with Crippen molar-refractivity contribution in [3.63, 3.8) is 0 Å². The SMILES string of the molecule is Cc1ccc(Oc2cc3c4c(cc(Oc5ccc(C)cc5C)c5c6c(Oc7ccc(C)cc7C)cc7c8c(cc(Oc9ccc(C)cc9C)c(c2c45)c86)C(=O)N(C(CC(C)C)C(=O)N(CCO)CCO)C7=O)C(=O)N(C(CC(C)C)C(=O)N(CCO)CCO)C3=O)c(C)c1. The summed E-state index contributed by atoms with van der Waals surface area (Å²) in [7, 11) is 0. The molecule has 0 fully saturated rings. The molecule has 2 aliphatic rings. The maximum absolute atomic E-state index is 16.3. The molecule has 18 nitrogen and oxygen atoms in total. The maximum atomic E-state index is 16.3. The third-order valence-electron chi connectivity index (χ3n) is 17.8. The second-order valence-electron chi connectivity index (χ2n) is 26.0. The van der Waals surface area contributed by atoms with Gasteiger partial charge in [-0.1, -0.05) is 98.5 Å². The number of amides is 6. The topological polar surface area (TPSA) is 233 Å². The number of carbonyl (C=O) groups is 6. The van der Waals surface area contributed by atoms with Gasteiger partial charge in [0.05, 0.1) is 48.7 Å². The Morgan fingerprint density at radius 3 is 0.787 bits per heavy atom. The molecule has 0 saturated carbocycles. The van der Waals surface area contributed by atoms with E-state index in [1.165, 1.54) is 9.80 Å². The van der Waals surface area contributed by atoms with Crippen molar-refractivity contribution in [2.75, 3.05) is 52.6 Å². The minimum absolute atomic E-state index is 0.0132. The van der Waals surface area contributed by atoms with Crippen LogP contribution in [0.25, 0.3) is 43.1 Å². The highest BCUT2D eigenvalue weighted by atomic mass is 16.5. The molecular weight excluding hydrogens is 1190 g/mol. The van der Waals surface area contributed by atoms with Crippen molar-refractivity contribution in [2.24, 2.45) is 11.8 Å². The molecule has 0 saturated heterocycles. The van der Waals surface area contributed by atoms with Crippen LogP contribution in [0.4, 0.5) is 0 Å². The second-order valence-corrected chi connectivity index (χ2v) is 26.0. The number of benzene rings is 9. The second kappa shape index (κ2) is 26.5. The zero-order valence-corrected chi connectivity index (χ0v) is 55.3. The van der Waals surface area contributed by atoms with Crippen LogP contribution in [-0.2, 0) is 9.59 Å². The van der Waals surface area contributed by atoms with Gasteiger partial charge in [0.2, 0.25) is 11.8 Å². The number of fused-ring (bicyclic) bond motifs is 2. The first kappa shape index (κ1) is 66.0. The Morgan fingerprint density at radius 1 is 0.351 bits per heavy atom. The Morgan fingerprint density at radius 2 is 0.585 bits per heavy atom. The maximum Gasteiger partial charge on any atom is 0.262 e. The summed E-state index contributed by atoms with van der Waals surface area (Å²) in [6, 6.07) is 26.0. The summed E-state index contributed by atoms with van der Waals surface area (Å²) < 4.78 is 29.2. The molecule has 2 atom stereocenters. The third kappa shape index (κ3) is 11.9. The van der Waals surface area contributed by atoms with Crippen molar-refractivity contribution in [3.8, 4) is 46.0 Å². The zero-order valence-electron chi connectivity index (χ0n) is 55.3. The van der Waals surface area contributed by atoms with Gasteiger partial charge in [-0.3, -0.25) is 38.6 Å². The number of aryl methyl sites for hydroxylation is 8. The lowest BCUT2D eigenvalue weighted by Gasteiger charge is -2.38. The molecule has 0 bridgehead atoms. The Bertz CT molecular complexity index is 4040. The fraction of sp³-hybridized carbons (Fsp3) is 0.342. The molecule has 0 radical (unpaired) electrons. The minimum atomic E-state index is -1.43. The quantitative estimate of drug-likeness (QED) is 0.0250. The van der Waals surface area contributed by atoms with Crippen LogP contribution in [0.15, 0.2) is 97.1 Å². The lowest BCUT2D eigenvalue weighted by molar-refractivity contribution is -0.137. The van der Waals surface area contributed by atoms with E-state index in [1.807, 2.05) is 156 Å². The number of rotatable bonds is 24. The van der Waals surface area contributed by atoms with E-state index in [2.05, 4.69) is 0 Å². The number of aliphatic hydroxyl groups excluding tert-OH is 4. The number of imide groups is 2. The average Bonchev–Trinajstić information content (AvgIpc) is 0.672. The van der Waals surface area contributed by atoms with Crippen LogP contribution in [0.1, 0.15) is 126 Å². The van der Waals surface area contributed by atoms with Crippen molar-refractivity contribution in [3.05, 3.63) is 164 Å². The summed E-state index contributed by atoms with van der Waals surface area (Å²) >= 11 is 0. The zero-order chi connectivity index (χ0) is 67.5. The van der Waals surface area contributed by atoms with E-state index in [-0.39, 0.29) is 139 Å². The molecular formula is C76H80N4O14. The fourth-order valence-electron chi connectivity index (χ4n) is 13.7. The highest BCUT2D eigenvalue weighted by Gasteiger charge is 2.47. The van der Waals surface area contributed by atoms with Crippen molar-refractivity contribution < 1.29 is 68.1 Å². The summed E-state index contributed by atoms with van der Waals surface area (Å²) in [6.07, 6.45) is 0.0263. The van der Waals surface area contributed by atoms with Crippen LogP contribution in [0.2, 0.25) is 0 Å². The first-order chi connectivity index (χ1) is 44.9. The Hall–Kier alpha value is -9.46. The lowest BCUT2D eigenvalue weighted by atomic mass is 9.80. The number of hydrogen-bond donors (Lipinski definition) is 4. The van der Waals surface area contributed by atoms with Crippen LogP contribution >= 0.6 is 0 Å². The first-order valence-electron chi connectivity index (χ1n) is 32.0. The van der Waals surface area contributed by atoms with Crippen molar-refractivity contribution in [1.82, 2.24) is 19.6 Å². The molecule has 0 aromatic heterocycles. The van der Waals surface area contributed by atoms with Gasteiger partial charge in [-0.15, -0.1) is 0 Å². The standard InChI is InChI=1S/C76H80N4O14/c1-39(2)29-53(75(89)77(21-25-81)22-26-82)79-71(85)49-35-59(91-55-17-13-41(5)31-45(55)9)65-67-61(93-57-19-15-43(7)33-47(57)11)37-51-64-52(74(88)80(73(51)87)54(30-40(3)4)76(90)78(23-27-83)24-28-84)38-62(94-58-20-16-44(8)34-48(58)12)68(70(64)67)66-60(36-50(72(79)86)63(49)69(65)66)92-56-18-14-42(6)32-46(56)10/h13-20,31-40,53-54,81-84H,21-30H2,1-12H3. The van der Waals surface area contributed by atoms with Gasteiger partial charge in [-0.25, -0.2) is 0 Å². The third-order valence-corrected chi connectivity index (χ3v) is 17.8. The van der Waals surface area contributed by atoms with Crippen LogP contribution in [0.5, 0.6) is 46.0 Å². The van der Waals surface area contributed by atoms with Gasteiger partial charge in [-0.05, 0) is 151 Å². The van der Waals surface area contributed by atoms with Crippen LogP contribution in [-0.4, -0.2) is 140 Å². The smallest absolute Gasteiger partial charge is 0.262 e. The highest BCUT2D eigenvalue weighted by molar-refractivity contribution is 6.45. The van der Waals surface area contributed by atoms with E-state index in [9.17, 15) is 20.4 Å². The summed E-state index contributed by atoms with van der Waals surface area (Å²) in [5.41, 5.74) is 6.52. The molecule has 2 aliphatic heterocycles. The van der Waals surface area contributed by atoms with Gasteiger partial charge >= 0.3 is 0 Å². The normalized spacial score (nSPS) is 13.8. The molecule has 11 rings (SSSR count). The largest absolute Gasteiger partial charge is 0.456 e. The predicted octanol–water partition coefficient (Wildman–Crippen LogP) is 13.0. The Kier molecular flexibility index (Phi) is 18.6. The molecule has 0 aliphatic carbocycles. The number of nitrogens with zero attached hydrogens (tertiary/aromatic N) is 4. The first-order valence-corrected chi connectivity index (χ1v) is 32.0. The number of carbonyl (C=O) groups excluding carboxylic acids is 6. The van der Waals surface area contributed by atoms with Crippen LogP contribution < -0.4 is 18.9 Å². The van der Waals surface area contributed by atoms with E-state index in [4.69, 9.17) is 18.9 Å². The fourth-order valence-corrected chi connectivity index (χ4v) is 13.7. The lowest BCUT2D eigenvalue weighted by Crippen LogP contribution is -2.56. The molecule has 0 spiro atoms. The monoisotopic (exact) mass is 1270 g/mol. The van der Waals surface area contributed by atoms with Gasteiger partial charge in [0.15, 0.2) is 0 Å². The van der Waals surface area contributed by atoms with Gasteiger partial charge in [0, 0.05) is 69.3 Å². The predicted molar refractivity (Wildman–Crippen MR) is 361 cm³/mol. The van der Waals surface area contributed by atoms with Gasteiger partial charge in [-0.2, -0.15) is 0 Å². The van der Waals surface area contributed by atoms with E-state index in [1.54, 1.807) is 24.3 Å². The molecule has 18 heteroatoms. The van der Waals surface area contributed by atoms with Crippen molar-refractivity contribution in [1.29, 1.82) is 0 Å². The Labute approximate surface area is 546 Å². The van der Waals surface area contributed by atoms with Crippen LogP contribution in [0, 0.1) is 67.2 Å². The number of hydrogen-bond acceptors (Lipinski definition) is 14. The summed E-state index contributed by atoms with van der Waals surface area (Å²) in [6.45, 7) is 20.2. The molecule has 9 aromatic rings. The van der Waals surface area contributed by atoms with Crippen molar-refractivity contribution in [2.45, 2.75) is 108 Å². The molecule has 94 heavy (non-hydrogen) atoms. The minimum Gasteiger partial charge on any atom is -0.456 e. The van der Waals surface area contributed by atoms with Crippen LogP contribution in [0.3, 0.4) is 0 Å². The van der Waals surface area contributed by atoms with Gasteiger partial charge in [0.1, 0.15) is 58.1 Å². The molecule has 488 valence electrons.